The fraction of sp³-hybridized carbons (Fsp3) is 0.773. The Kier molecular flexibility index (Phi) is 9.58. The van der Waals surface area contributed by atoms with Crippen LogP contribution in [0.4, 0.5) is 0 Å². The standard InChI is InChI=1S/C22H36N4O2.HI/c1-2-5-20(6-3-1)24-22(23-10-8-21-7-4-14-28-21)26-11-9-19(18-26)17-25-12-15-27-16-13-25;/h4,7,14,19-20H,1-3,5-6,8-13,15-18H2,(H,23,24);1H. The van der Waals surface area contributed by atoms with Crippen LogP contribution < -0.4 is 5.32 Å². The monoisotopic (exact) mass is 516 g/mol. The summed E-state index contributed by atoms with van der Waals surface area (Å²) in [7, 11) is 0. The summed E-state index contributed by atoms with van der Waals surface area (Å²) in [6.45, 7) is 8.17. The second kappa shape index (κ2) is 12.2. The lowest BCUT2D eigenvalue weighted by Crippen LogP contribution is -2.46. The summed E-state index contributed by atoms with van der Waals surface area (Å²) in [5.41, 5.74) is 0. The van der Waals surface area contributed by atoms with Crippen LogP contribution in [-0.2, 0) is 11.2 Å². The minimum absolute atomic E-state index is 0. The van der Waals surface area contributed by atoms with Gasteiger partial charge in [0.15, 0.2) is 5.96 Å². The lowest BCUT2D eigenvalue weighted by Gasteiger charge is -2.31. The van der Waals surface area contributed by atoms with Crippen LogP contribution in [0.2, 0.25) is 0 Å². The van der Waals surface area contributed by atoms with Crippen LogP contribution in [0.25, 0.3) is 0 Å². The molecule has 2 saturated heterocycles. The molecular weight excluding hydrogens is 479 g/mol. The quantitative estimate of drug-likeness (QED) is 0.357. The second-order valence-electron chi connectivity index (χ2n) is 8.53. The number of furan rings is 1. The molecular formula is C22H37IN4O2. The normalized spacial score (nSPS) is 24.5. The van der Waals surface area contributed by atoms with Crippen LogP contribution in [0.3, 0.4) is 0 Å². The first-order valence-electron chi connectivity index (χ1n) is 11.3. The largest absolute Gasteiger partial charge is 0.469 e. The molecule has 3 aliphatic rings. The van der Waals surface area contributed by atoms with Crippen molar-refractivity contribution in [3.63, 3.8) is 0 Å². The molecule has 1 unspecified atom stereocenters. The van der Waals surface area contributed by atoms with Crippen molar-refractivity contribution in [1.82, 2.24) is 15.1 Å². The first-order chi connectivity index (χ1) is 13.9. The molecule has 0 amide bonds. The van der Waals surface area contributed by atoms with E-state index in [1.54, 1.807) is 6.26 Å². The number of nitrogens with one attached hydrogen (secondary N) is 1. The lowest BCUT2D eigenvalue weighted by molar-refractivity contribution is 0.0315. The highest BCUT2D eigenvalue weighted by molar-refractivity contribution is 14.0. The van der Waals surface area contributed by atoms with E-state index in [1.165, 1.54) is 45.1 Å². The fourth-order valence-corrected chi connectivity index (χ4v) is 4.72. The Morgan fingerprint density at radius 3 is 2.69 bits per heavy atom. The van der Waals surface area contributed by atoms with Crippen LogP contribution in [0, 0.1) is 5.92 Å². The summed E-state index contributed by atoms with van der Waals surface area (Å²) in [4.78, 5) is 10.1. The van der Waals surface area contributed by atoms with Gasteiger partial charge in [-0.1, -0.05) is 19.3 Å². The Morgan fingerprint density at radius 1 is 1.10 bits per heavy atom. The minimum Gasteiger partial charge on any atom is -0.469 e. The summed E-state index contributed by atoms with van der Waals surface area (Å²) >= 11 is 0. The third-order valence-electron chi connectivity index (χ3n) is 6.34. The Morgan fingerprint density at radius 2 is 1.93 bits per heavy atom. The summed E-state index contributed by atoms with van der Waals surface area (Å²) < 4.78 is 11.0. The number of ether oxygens (including phenoxy) is 1. The van der Waals surface area contributed by atoms with E-state index in [0.717, 1.165) is 70.0 Å². The van der Waals surface area contributed by atoms with Crippen LogP contribution in [0.5, 0.6) is 0 Å². The van der Waals surface area contributed by atoms with Gasteiger partial charge in [-0.25, -0.2) is 0 Å². The second-order valence-corrected chi connectivity index (χ2v) is 8.53. The fourth-order valence-electron chi connectivity index (χ4n) is 4.72. The molecule has 6 nitrogen and oxygen atoms in total. The van der Waals surface area contributed by atoms with Gasteiger partial charge in [-0.2, -0.15) is 0 Å². The number of likely N-dealkylation sites (tertiary alicyclic amines) is 1. The zero-order valence-corrected chi connectivity index (χ0v) is 19.9. The predicted octanol–water partition coefficient (Wildman–Crippen LogP) is 3.37. The molecule has 1 aliphatic carbocycles. The van der Waals surface area contributed by atoms with Crippen molar-refractivity contribution in [3.05, 3.63) is 24.2 Å². The van der Waals surface area contributed by atoms with Gasteiger partial charge >= 0.3 is 0 Å². The summed E-state index contributed by atoms with van der Waals surface area (Å²) in [5.74, 6) is 2.89. The third kappa shape index (κ3) is 7.14. The molecule has 1 aromatic rings. The Balaban J connectivity index is 0.00000240. The highest BCUT2D eigenvalue weighted by Gasteiger charge is 2.28. The maximum absolute atomic E-state index is 5.49. The molecule has 1 saturated carbocycles. The molecule has 2 aliphatic heterocycles. The molecule has 0 spiro atoms. The van der Waals surface area contributed by atoms with Crippen molar-refractivity contribution in [2.75, 3.05) is 52.5 Å². The first kappa shape index (κ1) is 22.9. The van der Waals surface area contributed by atoms with E-state index in [-0.39, 0.29) is 24.0 Å². The number of aliphatic imine (C=N–C) groups is 1. The molecule has 1 N–H and O–H groups in total. The Bertz CT molecular complexity index is 598. The van der Waals surface area contributed by atoms with Gasteiger partial charge in [0.2, 0.25) is 0 Å². The van der Waals surface area contributed by atoms with Crippen LogP contribution >= 0.6 is 24.0 Å². The number of halogens is 1. The van der Waals surface area contributed by atoms with Gasteiger partial charge in [-0.3, -0.25) is 9.89 Å². The van der Waals surface area contributed by atoms with E-state index in [9.17, 15) is 0 Å². The smallest absolute Gasteiger partial charge is 0.194 e. The maximum Gasteiger partial charge on any atom is 0.194 e. The molecule has 1 atom stereocenters. The average molecular weight is 516 g/mol. The summed E-state index contributed by atoms with van der Waals surface area (Å²) in [6, 6.07) is 4.59. The van der Waals surface area contributed by atoms with Crippen molar-refractivity contribution >= 4 is 29.9 Å². The Hall–Kier alpha value is -0.800. The van der Waals surface area contributed by atoms with Crippen LogP contribution in [-0.4, -0.2) is 74.3 Å². The number of rotatable bonds is 6. The zero-order valence-electron chi connectivity index (χ0n) is 17.6. The van der Waals surface area contributed by atoms with Crippen molar-refractivity contribution in [1.29, 1.82) is 0 Å². The number of nitrogens with zero attached hydrogens (tertiary/aromatic N) is 3. The lowest BCUT2D eigenvalue weighted by atomic mass is 9.96. The summed E-state index contributed by atoms with van der Waals surface area (Å²) in [5, 5.41) is 3.81. The SMILES string of the molecule is I.c1coc(CCN=C(NC2CCCCC2)N2CCC(CN3CCOCC3)C2)c1. The zero-order chi connectivity index (χ0) is 19.0. The van der Waals surface area contributed by atoms with E-state index >= 15 is 0 Å². The molecule has 0 radical (unpaired) electrons. The van der Waals surface area contributed by atoms with E-state index in [4.69, 9.17) is 14.1 Å². The maximum atomic E-state index is 5.49. The van der Waals surface area contributed by atoms with Gasteiger partial charge < -0.3 is 19.4 Å². The van der Waals surface area contributed by atoms with Crippen LogP contribution in [0.15, 0.2) is 27.8 Å². The van der Waals surface area contributed by atoms with Gasteiger partial charge in [-0.05, 0) is 37.3 Å². The molecule has 3 heterocycles. The van der Waals surface area contributed by atoms with Crippen molar-refractivity contribution in [2.24, 2.45) is 10.9 Å². The number of morpholine rings is 1. The third-order valence-corrected chi connectivity index (χ3v) is 6.34. The average Bonchev–Trinajstić information content (AvgIpc) is 3.41. The van der Waals surface area contributed by atoms with Crippen molar-refractivity contribution in [2.45, 2.75) is 51.0 Å². The molecule has 4 rings (SSSR count). The highest BCUT2D eigenvalue weighted by Crippen LogP contribution is 2.21. The molecule has 164 valence electrons. The van der Waals surface area contributed by atoms with Gasteiger partial charge in [-0.15, -0.1) is 24.0 Å². The minimum atomic E-state index is 0. The Labute approximate surface area is 192 Å². The van der Waals surface area contributed by atoms with Gasteiger partial charge in [0.05, 0.1) is 19.5 Å². The van der Waals surface area contributed by atoms with Gasteiger partial charge in [0.25, 0.3) is 0 Å². The van der Waals surface area contributed by atoms with E-state index < -0.39 is 0 Å². The first-order valence-corrected chi connectivity index (χ1v) is 11.3. The molecule has 29 heavy (non-hydrogen) atoms. The molecule has 0 aromatic carbocycles. The van der Waals surface area contributed by atoms with Crippen molar-refractivity contribution < 1.29 is 9.15 Å². The number of guanidine groups is 1. The molecule has 1 aromatic heterocycles. The summed E-state index contributed by atoms with van der Waals surface area (Å²) in [6.07, 6.45) is 10.5. The molecule has 7 heteroatoms. The van der Waals surface area contributed by atoms with E-state index in [2.05, 4.69) is 15.1 Å². The highest BCUT2D eigenvalue weighted by atomic mass is 127. The number of hydrogen-bond donors (Lipinski definition) is 1. The van der Waals surface area contributed by atoms with Crippen LogP contribution in [0.1, 0.15) is 44.3 Å². The van der Waals surface area contributed by atoms with Crippen molar-refractivity contribution in [3.8, 4) is 0 Å². The van der Waals surface area contributed by atoms with Gasteiger partial charge in [0, 0.05) is 51.7 Å². The van der Waals surface area contributed by atoms with E-state index in [0.29, 0.717) is 6.04 Å². The van der Waals surface area contributed by atoms with Gasteiger partial charge in [0.1, 0.15) is 5.76 Å². The predicted molar refractivity (Wildman–Crippen MR) is 127 cm³/mol. The topological polar surface area (TPSA) is 53.2 Å². The molecule has 3 fully saturated rings. The number of hydrogen-bond acceptors (Lipinski definition) is 4. The van der Waals surface area contributed by atoms with E-state index in [1.807, 2.05) is 12.1 Å². The molecule has 0 bridgehead atoms.